The molecule has 4 heterocycles. The van der Waals surface area contributed by atoms with Crippen LogP contribution in [-0.4, -0.2) is 33.4 Å². The topological polar surface area (TPSA) is 111 Å². The largest absolute Gasteiger partial charge is 0.490 e. The Labute approximate surface area is 196 Å². The number of nitrogens with two attached hydrogens (primary N) is 1. The first-order valence-electron chi connectivity index (χ1n) is 8.89. The molecule has 3 aromatic rings. The molecule has 2 aliphatic rings. The smallest absolute Gasteiger partial charge is 0.475 e. The van der Waals surface area contributed by atoms with Crippen molar-refractivity contribution in [3.05, 3.63) is 74.4 Å². The summed E-state index contributed by atoms with van der Waals surface area (Å²) in [6.07, 6.45) is -0.0526. The molecule has 0 radical (unpaired) electrons. The van der Waals surface area contributed by atoms with Gasteiger partial charge in [-0.1, -0.05) is 27.5 Å². The number of halogens is 6. The lowest BCUT2D eigenvalue weighted by Crippen LogP contribution is -2.31. The van der Waals surface area contributed by atoms with Crippen LogP contribution in [0.1, 0.15) is 22.3 Å². The van der Waals surface area contributed by atoms with Gasteiger partial charge in [0.2, 0.25) is 0 Å². The molecule has 7 nitrogen and oxygen atoms in total. The van der Waals surface area contributed by atoms with E-state index in [0.29, 0.717) is 11.3 Å². The van der Waals surface area contributed by atoms with Crippen molar-refractivity contribution >= 4 is 45.5 Å². The van der Waals surface area contributed by atoms with Gasteiger partial charge in [0.1, 0.15) is 11.3 Å². The first kappa shape index (κ1) is 22.9. The van der Waals surface area contributed by atoms with Gasteiger partial charge in [-0.05, 0) is 24.3 Å². The zero-order valence-electron chi connectivity index (χ0n) is 16.0. The van der Waals surface area contributed by atoms with Crippen molar-refractivity contribution < 1.29 is 32.2 Å². The normalized spacial score (nSPS) is 17.4. The van der Waals surface area contributed by atoms with Crippen LogP contribution < -0.4 is 10.5 Å². The van der Waals surface area contributed by atoms with E-state index in [4.69, 9.17) is 37.0 Å². The number of aliphatic imine (C=N–C) groups is 1. The number of nitrogens with zero attached hydrogens (tertiary/aromatic N) is 3. The highest BCUT2D eigenvalue weighted by Crippen LogP contribution is 2.57. The molecule has 3 N–H and O–H groups in total. The summed E-state index contributed by atoms with van der Waals surface area (Å²) in [5.74, 6) is -2.82. The fourth-order valence-electron chi connectivity index (χ4n) is 3.55. The van der Waals surface area contributed by atoms with Crippen LogP contribution in [0.2, 0.25) is 5.15 Å². The minimum absolute atomic E-state index is 0.00637. The summed E-state index contributed by atoms with van der Waals surface area (Å²) in [6.45, 7) is 0. The van der Waals surface area contributed by atoms with E-state index < -0.39 is 23.5 Å². The molecule has 1 spiro atoms. The van der Waals surface area contributed by atoms with Gasteiger partial charge in [-0.2, -0.15) is 13.2 Å². The number of anilines is 1. The number of ether oxygens (including phenoxy) is 1. The predicted octanol–water partition coefficient (Wildman–Crippen LogP) is 5.08. The van der Waals surface area contributed by atoms with Crippen LogP contribution in [0.5, 0.6) is 11.5 Å². The van der Waals surface area contributed by atoms with Gasteiger partial charge < -0.3 is 15.6 Å². The maximum atomic E-state index is 15.2. The highest BCUT2D eigenvalue weighted by molar-refractivity contribution is 9.10. The minimum Gasteiger partial charge on any atom is -0.475 e. The van der Waals surface area contributed by atoms with Crippen molar-refractivity contribution in [2.24, 2.45) is 4.99 Å². The van der Waals surface area contributed by atoms with Gasteiger partial charge in [-0.3, -0.25) is 9.98 Å². The molecule has 5 rings (SSSR count). The molecule has 0 fully saturated rings. The van der Waals surface area contributed by atoms with E-state index in [1.807, 2.05) is 18.2 Å². The number of fused-ring (bicyclic) bond motifs is 6. The van der Waals surface area contributed by atoms with Gasteiger partial charge in [0.25, 0.3) is 0 Å². The number of carbonyl (C=O) groups is 1. The molecule has 170 valence electrons. The zero-order valence-corrected chi connectivity index (χ0v) is 18.3. The number of pyridine rings is 2. The summed E-state index contributed by atoms with van der Waals surface area (Å²) in [5, 5.41) is 6.80. The van der Waals surface area contributed by atoms with E-state index in [-0.39, 0.29) is 22.3 Å². The van der Waals surface area contributed by atoms with E-state index in [2.05, 4.69) is 25.9 Å². The Bertz CT molecular complexity index is 1340. The first-order valence-corrected chi connectivity index (χ1v) is 10.1. The molecular formula is C20H10BrClF4N4O3. The standard InChI is InChI=1S/C18H9BrClFN4O.C2HF3O2/c19-9-1-2-12-10(5-9)18(11-7-23-4-3-8(11)6-24-18)13-14(21)16(20)25-17(22)15(13)26-12;3-2(4,5)1(6)7/h1-7H,(H2,22,25);(H,6,7). The van der Waals surface area contributed by atoms with E-state index >= 15 is 4.39 Å². The molecular weight excluding hydrogens is 536 g/mol. The molecule has 1 unspecified atom stereocenters. The highest BCUT2D eigenvalue weighted by Gasteiger charge is 2.50. The van der Waals surface area contributed by atoms with Gasteiger partial charge in [0.15, 0.2) is 22.5 Å². The number of hydrogen-bond acceptors (Lipinski definition) is 6. The molecule has 2 aromatic heterocycles. The molecule has 33 heavy (non-hydrogen) atoms. The van der Waals surface area contributed by atoms with Gasteiger partial charge in [0, 0.05) is 39.8 Å². The number of aliphatic carboxylic acids is 1. The molecule has 1 aromatic carbocycles. The Balaban J connectivity index is 0.000000325. The zero-order chi connectivity index (χ0) is 24.1. The number of rotatable bonds is 0. The molecule has 0 saturated heterocycles. The van der Waals surface area contributed by atoms with E-state index in [9.17, 15) is 13.2 Å². The van der Waals surface area contributed by atoms with Crippen molar-refractivity contribution in [1.82, 2.24) is 9.97 Å². The van der Waals surface area contributed by atoms with Crippen LogP contribution in [0.25, 0.3) is 0 Å². The Morgan fingerprint density at radius 2 is 1.94 bits per heavy atom. The second kappa shape index (κ2) is 7.96. The number of alkyl halides is 3. The fraction of sp³-hybridized carbons (Fsp3) is 0.100. The summed E-state index contributed by atoms with van der Waals surface area (Å²) >= 11 is 9.47. The number of carboxylic acid groups (broad SMARTS) is 1. The first-order chi connectivity index (χ1) is 15.5. The van der Waals surface area contributed by atoms with Crippen LogP contribution in [0, 0.1) is 5.82 Å². The van der Waals surface area contributed by atoms with Gasteiger partial charge in [0.05, 0.1) is 5.56 Å². The third-order valence-corrected chi connectivity index (χ3v) is 5.61. The third kappa shape index (κ3) is 3.68. The Kier molecular flexibility index (Phi) is 5.53. The monoisotopic (exact) mass is 544 g/mol. The van der Waals surface area contributed by atoms with Crippen molar-refractivity contribution in [1.29, 1.82) is 0 Å². The fourth-order valence-corrected chi connectivity index (χ4v) is 4.10. The van der Waals surface area contributed by atoms with Crippen molar-refractivity contribution in [2.75, 3.05) is 5.73 Å². The van der Waals surface area contributed by atoms with Crippen LogP contribution in [0.15, 0.2) is 46.1 Å². The average Bonchev–Trinajstić information content (AvgIpc) is 3.12. The van der Waals surface area contributed by atoms with Gasteiger partial charge in [-0.25, -0.2) is 14.2 Å². The quantitative estimate of drug-likeness (QED) is 0.301. The van der Waals surface area contributed by atoms with Crippen molar-refractivity contribution in [2.45, 2.75) is 11.7 Å². The van der Waals surface area contributed by atoms with Crippen LogP contribution in [0.4, 0.5) is 23.4 Å². The van der Waals surface area contributed by atoms with E-state index in [1.54, 1.807) is 24.7 Å². The minimum atomic E-state index is -5.08. The second-order valence-electron chi connectivity index (χ2n) is 6.78. The summed E-state index contributed by atoms with van der Waals surface area (Å²) in [5.41, 5.74) is 7.19. The van der Waals surface area contributed by atoms with E-state index in [0.717, 1.165) is 15.6 Å². The summed E-state index contributed by atoms with van der Waals surface area (Å²) < 4.78 is 53.7. The Morgan fingerprint density at radius 1 is 1.24 bits per heavy atom. The maximum absolute atomic E-state index is 15.2. The predicted molar refractivity (Wildman–Crippen MR) is 113 cm³/mol. The number of hydrogen-bond donors (Lipinski definition) is 2. The number of aromatic nitrogens is 2. The third-order valence-electron chi connectivity index (χ3n) is 4.87. The molecule has 0 aliphatic carbocycles. The lowest BCUT2D eigenvalue weighted by molar-refractivity contribution is -0.192. The molecule has 0 saturated carbocycles. The molecule has 0 bridgehead atoms. The average molecular weight is 546 g/mol. The lowest BCUT2D eigenvalue weighted by atomic mass is 9.76. The van der Waals surface area contributed by atoms with Gasteiger partial charge >= 0.3 is 12.1 Å². The molecule has 13 heteroatoms. The van der Waals surface area contributed by atoms with E-state index in [1.165, 1.54) is 0 Å². The van der Waals surface area contributed by atoms with Gasteiger partial charge in [-0.15, -0.1) is 0 Å². The highest BCUT2D eigenvalue weighted by atomic mass is 79.9. The van der Waals surface area contributed by atoms with Crippen molar-refractivity contribution in [3.63, 3.8) is 0 Å². The number of benzene rings is 1. The Morgan fingerprint density at radius 3 is 2.61 bits per heavy atom. The molecule has 0 amide bonds. The van der Waals surface area contributed by atoms with Crippen LogP contribution >= 0.6 is 27.5 Å². The number of nitrogen functional groups attached to an aromatic ring is 1. The number of carboxylic acids is 1. The van der Waals surface area contributed by atoms with Crippen molar-refractivity contribution in [3.8, 4) is 11.5 Å². The molecule has 2 aliphatic heterocycles. The summed E-state index contributed by atoms with van der Waals surface area (Å²) in [6, 6.07) is 7.28. The Hall–Kier alpha value is -3.25. The molecule has 1 atom stereocenters. The van der Waals surface area contributed by atoms with Crippen LogP contribution in [0.3, 0.4) is 0 Å². The maximum Gasteiger partial charge on any atom is 0.490 e. The lowest BCUT2D eigenvalue weighted by Gasteiger charge is -2.36. The van der Waals surface area contributed by atoms with Crippen LogP contribution in [-0.2, 0) is 10.3 Å². The second-order valence-corrected chi connectivity index (χ2v) is 8.06. The SMILES string of the molecule is Nc1nc(Cl)c(F)c2c1Oc1ccc(Br)cc1C21N=Cc2ccncc21.O=C(O)C(F)(F)F. The summed E-state index contributed by atoms with van der Waals surface area (Å²) in [7, 11) is 0. The summed E-state index contributed by atoms with van der Waals surface area (Å²) in [4.78, 5) is 21.7.